The number of benzene rings is 1. The molecular weight excluding hydrogens is 346 g/mol. The molecule has 0 saturated carbocycles. The molecule has 2 heterocycles. The lowest BCUT2D eigenvalue weighted by Gasteiger charge is -2.10. The van der Waals surface area contributed by atoms with Crippen LogP contribution in [0.4, 0.5) is 5.82 Å². The zero-order valence-corrected chi connectivity index (χ0v) is 14.5. The van der Waals surface area contributed by atoms with Crippen LogP contribution in [0, 0.1) is 0 Å². The van der Waals surface area contributed by atoms with Crippen LogP contribution in [0.25, 0.3) is 21.6 Å². The SMILES string of the molecule is O=S(=O)(CCO)CCNc1nc(-c2cccs2)nc2ccccc12. The van der Waals surface area contributed by atoms with Gasteiger partial charge in [-0.2, -0.15) is 0 Å². The van der Waals surface area contributed by atoms with E-state index in [-0.39, 0.29) is 24.7 Å². The highest BCUT2D eigenvalue weighted by atomic mass is 32.2. The summed E-state index contributed by atoms with van der Waals surface area (Å²) in [4.78, 5) is 10.1. The Labute approximate surface area is 144 Å². The Hall–Kier alpha value is -2.03. The van der Waals surface area contributed by atoms with Crippen LogP contribution in [0.5, 0.6) is 0 Å². The number of hydrogen-bond acceptors (Lipinski definition) is 7. The van der Waals surface area contributed by atoms with Crippen molar-refractivity contribution < 1.29 is 13.5 Å². The number of thiophene rings is 1. The van der Waals surface area contributed by atoms with Crippen molar-refractivity contribution in [2.45, 2.75) is 0 Å². The van der Waals surface area contributed by atoms with Crippen molar-refractivity contribution in [3.8, 4) is 10.7 Å². The van der Waals surface area contributed by atoms with Gasteiger partial charge in [0.25, 0.3) is 0 Å². The molecule has 3 aromatic rings. The molecule has 6 nitrogen and oxygen atoms in total. The molecule has 0 amide bonds. The van der Waals surface area contributed by atoms with Gasteiger partial charge in [-0.1, -0.05) is 18.2 Å². The van der Waals surface area contributed by atoms with Crippen LogP contribution in [-0.2, 0) is 9.84 Å². The minimum atomic E-state index is -3.26. The van der Waals surface area contributed by atoms with Gasteiger partial charge in [-0.05, 0) is 23.6 Å². The largest absolute Gasteiger partial charge is 0.395 e. The van der Waals surface area contributed by atoms with Crippen LogP contribution in [-0.4, -0.2) is 48.1 Å². The highest BCUT2D eigenvalue weighted by Crippen LogP contribution is 2.27. The van der Waals surface area contributed by atoms with E-state index in [2.05, 4.69) is 15.3 Å². The number of nitrogens with zero attached hydrogens (tertiary/aromatic N) is 2. The highest BCUT2D eigenvalue weighted by Gasteiger charge is 2.12. The van der Waals surface area contributed by atoms with Crippen molar-refractivity contribution >= 4 is 37.9 Å². The molecule has 0 unspecified atom stereocenters. The molecule has 24 heavy (non-hydrogen) atoms. The first-order valence-electron chi connectivity index (χ1n) is 7.45. The van der Waals surface area contributed by atoms with E-state index in [1.807, 2.05) is 41.8 Å². The maximum absolute atomic E-state index is 11.7. The molecule has 1 aromatic carbocycles. The van der Waals surface area contributed by atoms with Crippen molar-refractivity contribution in [3.63, 3.8) is 0 Å². The third kappa shape index (κ3) is 3.89. The predicted molar refractivity (Wildman–Crippen MR) is 97.1 cm³/mol. The molecule has 0 aliphatic carbocycles. The number of aliphatic hydroxyl groups is 1. The van der Waals surface area contributed by atoms with Crippen LogP contribution in [0.2, 0.25) is 0 Å². The van der Waals surface area contributed by atoms with E-state index in [4.69, 9.17) is 5.11 Å². The van der Waals surface area contributed by atoms with Crippen molar-refractivity contribution in [1.82, 2.24) is 9.97 Å². The smallest absolute Gasteiger partial charge is 0.172 e. The Morgan fingerprint density at radius 1 is 1.08 bits per heavy atom. The van der Waals surface area contributed by atoms with E-state index < -0.39 is 9.84 Å². The molecule has 0 fully saturated rings. The van der Waals surface area contributed by atoms with E-state index in [1.54, 1.807) is 11.3 Å². The first-order valence-corrected chi connectivity index (χ1v) is 10.1. The van der Waals surface area contributed by atoms with Crippen LogP contribution < -0.4 is 5.32 Å². The fourth-order valence-corrected chi connectivity index (χ4v) is 3.85. The molecule has 126 valence electrons. The van der Waals surface area contributed by atoms with E-state index in [1.165, 1.54) is 0 Å². The molecule has 8 heteroatoms. The average molecular weight is 363 g/mol. The van der Waals surface area contributed by atoms with Gasteiger partial charge in [0.05, 0.1) is 28.5 Å². The second-order valence-corrected chi connectivity index (χ2v) is 8.44. The molecule has 0 aliphatic rings. The first-order chi connectivity index (χ1) is 11.6. The zero-order chi connectivity index (χ0) is 17.0. The topological polar surface area (TPSA) is 92.2 Å². The molecule has 0 spiro atoms. The van der Waals surface area contributed by atoms with Crippen molar-refractivity contribution in [3.05, 3.63) is 41.8 Å². The van der Waals surface area contributed by atoms with Gasteiger partial charge in [-0.25, -0.2) is 18.4 Å². The summed E-state index contributed by atoms with van der Waals surface area (Å²) in [6, 6.07) is 11.5. The summed E-state index contributed by atoms with van der Waals surface area (Å²) in [6.45, 7) is -0.130. The van der Waals surface area contributed by atoms with E-state index in [0.29, 0.717) is 11.6 Å². The zero-order valence-electron chi connectivity index (χ0n) is 12.8. The lowest BCUT2D eigenvalue weighted by atomic mass is 10.2. The van der Waals surface area contributed by atoms with Gasteiger partial charge in [0.15, 0.2) is 15.7 Å². The summed E-state index contributed by atoms with van der Waals surface area (Å²) >= 11 is 1.55. The lowest BCUT2D eigenvalue weighted by Crippen LogP contribution is -2.20. The summed E-state index contributed by atoms with van der Waals surface area (Å²) in [6.07, 6.45) is 0. The number of aliphatic hydroxyl groups excluding tert-OH is 1. The van der Waals surface area contributed by atoms with Crippen LogP contribution in [0.15, 0.2) is 41.8 Å². The van der Waals surface area contributed by atoms with E-state index >= 15 is 0 Å². The van der Waals surface area contributed by atoms with Crippen LogP contribution in [0.1, 0.15) is 0 Å². The number of fused-ring (bicyclic) bond motifs is 1. The van der Waals surface area contributed by atoms with Crippen LogP contribution in [0.3, 0.4) is 0 Å². The van der Waals surface area contributed by atoms with Gasteiger partial charge in [0.1, 0.15) is 5.82 Å². The van der Waals surface area contributed by atoms with Gasteiger partial charge < -0.3 is 10.4 Å². The van der Waals surface area contributed by atoms with Gasteiger partial charge in [0, 0.05) is 11.9 Å². The maximum atomic E-state index is 11.7. The summed E-state index contributed by atoms with van der Waals surface area (Å²) in [5.74, 6) is 0.951. The number of hydrogen-bond donors (Lipinski definition) is 2. The van der Waals surface area contributed by atoms with E-state index in [0.717, 1.165) is 15.8 Å². The van der Waals surface area contributed by atoms with Crippen molar-refractivity contribution in [2.24, 2.45) is 0 Å². The molecular formula is C16H17N3O3S2. The van der Waals surface area contributed by atoms with Gasteiger partial charge in [0.2, 0.25) is 0 Å². The molecule has 2 N–H and O–H groups in total. The third-order valence-electron chi connectivity index (χ3n) is 3.45. The number of sulfone groups is 1. The summed E-state index contributed by atoms with van der Waals surface area (Å²) in [5.41, 5.74) is 0.802. The number of nitrogens with one attached hydrogen (secondary N) is 1. The normalized spacial score (nSPS) is 11.7. The Kier molecular flexibility index (Phi) is 5.08. The Bertz CT molecular complexity index is 925. The number of para-hydroxylation sites is 1. The number of rotatable bonds is 7. The van der Waals surface area contributed by atoms with Crippen LogP contribution >= 0.6 is 11.3 Å². The molecule has 0 radical (unpaired) electrons. The number of anilines is 1. The average Bonchev–Trinajstić information content (AvgIpc) is 3.09. The van der Waals surface area contributed by atoms with Gasteiger partial charge in [-0.3, -0.25) is 0 Å². The predicted octanol–water partition coefficient (Wildman–Crippen LogP) is 2.18. The second kappa shape index (κ2) is 7.25. The van der Waals surface area contributed by atoms with Crippen molar-refractivity contribution in [2.75, 3.05) is 30.0 Å². The molecule has 0 atom stereocenters. The molecule has 2 aromatic heterocycles. The first kappa shape index (κ1) is 16.8. The fraction of sp³-hybridized carbons (Fsp3) is 0.250. The summed E-state index contributed by atoms with van der Waals surface area (Å²) in [5, 5.41) is 14.7. The minimum absolute atomic E-state index is 0.0553. The third-order valence-corrected chi connectivity index (χ3v) is 5.95. The standard InChI is InChI=1S/C16H17N3O3S2/c20-8-11-24(21,22)10-7-17-15-12-4-1-2-5-13(12)18-16(19-15)14-6-3-9-23-14/h1-6,9,20H,7-8,10-11H2,(H,17,18,19). The lowest BCUT2D eigenvalue weighted by molar-refractivity contribution is 0.319. The second-order valence-electron chi connectivity index (χ2n) is 5.19. The number of aromatic nitrogens is 2. The van der Waals surface area contributed by atoms with Crippen molar-refractivity contribution in [1.29, 1.82) is 0 Å². The quantitative estimate of drug-likeness (QED) is 0.668. The maximum Gasteiger partial charge on any atom is 0.172 e. The summed E-state index contributed by atoms with van der Waals surface area (Å²) in [7, 11) is -3.26. The molecule has 0 aliphatic heterocycles. The van der Waals surface area contributed by atoms with Gasteiger partial charge >= 0.3 is 0 Å². The van der Waals surface area contributed by atoms with Gasteiger partial charge in [-0.15, -0.1) is 11.3 Å². The fourth-order valence-electron chi connectivity index (χ4n) is 2.29. The molecule has 3 rings (SSSR count). The Morgan fingerprint density at radius 3 is 2.67 bits per heavy atom. The summed E-state index contributed by atoms with van der Waals surface area (Å²) < 4.78 is 23.4. The minimum Gasteiger partial charge on any atom is -0.395 e. The Morgan fingerprint density at radius 2 is 1.92 bits per heavy atom. The van der Waals surface area contributed by atoms with E-state index in [9.17, 15) is 8.42 Å². The molecule has 0 bridgehead atoms. The monoisotopic (exact) mass is 363 g/mol. The Balaban J connectivity index is 1.88. The highest BCUT2D eigenvalue weighted by molar-refractivity contribution is 7.91. The molecule has 0 saturated heterocycles.